The number of nitrogens with two attached hydrogens (primary N) is 4. The smallest absolute Gasteiger partial charge is 0.326 e. The number of benzene rings is 1. The second kappa shape index (κ2) is 27.3. The van der Waals surface area contributed by atoms with E-state index in [1.165, 1.54) is 4.90 Å². The van der Waals surface area contributed by atoms with Crippen molar-refractivity contribution >= 4 is 53.3 Å². The van der Waals surface area contributed by atoms with Crippen molar-refractivity contribution in [3.05, 3.63) is 35.9 Å². The number of guanidine groups is 1. The Morgan fingerprint density at radius 2 is 1.45 bits per heavy atom. The SMILES string of the molecule is NCCCC[C@H](N)C(=O)N[C@@H](CCCN=C(N)N)C(=O)NCC(=O)NC1(C(=O)NCC(=O)N[C@@H](CO)C(=O)N2CCC[C@H]2C(=O)N[C@@H](Cc2ccccc2)C(=O)O)CCCCCCC1. The standard InChI is InChI=1S/C42H68N12O10/c43-20-10-7-15-28(44)35(58)51-29(16-11-21-47-41(45)46)36(59)48-25-34(57)53-42(18-8-2-1-3-9-19-42)40(64)49-24-33(56)50-31(26-55)38(61)54-22-12-17-32(54)37(60)52-30(39(62)63)23-27-13-5-4-6-14-27/h4-6,13-14,28-32,55H,1-3,7-12,15-26,43-44H2,(H,48,59)(H,49,64)(H,50,56)(H,51,58)(H,52,60)(H,53,57)(H,62,63)(H4,45,46,47)/t28-,29-,30-,31-,32-/m0/s1. The lowest BCUT2D eigenvalue weighted by molar-refractivity contribution is -0.145. The van der Waals surface area contributed by atoms with Crippen molar-refractivity contribution in [3.8, 4) is 0 Å². The van der Waals surface area contributed by atoms with Gasteiger partial charge in [-0.1, -0.05) is 68.9 Å². The number of carboxylic acids is 1. The number of hydrogen-bond donors (Lipinski definition) is 12. The number of carboxylic acid groups (broad SMARTS) is 1. The predicted molar refractivity (Wildman–Crippen MR) is 235 cm³/mol. The molecule has 1 aromatic carbocycles. The third-order valence-corrected chi connectivity index (χ3v) is 11.3. The molecule has 1 heterocycles. The molecule has 0 bridgehead atoms. The van der Waals surface area contributed by atoms with E-state index >= 15 is 0 Å². The van der Waals surface area contributed by atoms with Gasteiger partial charge in [-0.2, -0.15) is 0 Å². The summed E-state index contributed by atoms with van der Waals surface area (Å²) in [5.74, 6) is -6.24. The van der Waals surface area contributed by atoms with Crippen LogP contribution in [0.1, 0.15) is 95.5 Å². The number of carbonyl (C=O) groups is 8. The quantitative estimate of drug-likeness (QED) is 0.0266. The number of rotatable bonds is 25. The van der Waals surface area contributed by atoms with Crippen molar-refractivity contribution in [1.29, 1.82) is 0 Å². The van der Waals surface area contributed by atoms with Gasteiger partial charge in [0.15, 0.2) is 5.96 Å². The third kappa shape index (κ3) is 17.4. The Bertz CT molecular complexity index is 1750. The van der Waals surface area contributed by atoms with Gasteiger partial charge in [0, 0.05) is 19.5 Å². The monoisotopic (exact) mass is 901 g/mol. The zero-order valence-electron chi connectivity index (χ0n) is 36.5. The highest BCUT2D eigenvalue weighted by Gasteiger charge is 2.41. The van der Waals surface area contributed by atoms with E-state index in [1.807, 2.05) is 0 Å². The van der Waals surface area contributed by atoms with Crippen LogP contribution in [0.5, 0.6) is 0 Å². The Labute approximate surface area is 373 Å². The van der Waals surface area contributed by atoms with Crippen LogP contribution in [0.3, 0.4) is 0 Å². The number of nitrogens with zero attached hydrogens (tertiary/aromatic N) is 2. The minimum Gasteiger partial charge on any atom is -0.480 e. The van der Waals surface area contributed by atoms with Crippen LogP contribution in [0.2, 0.25) is 0 Å². The Hall–Kier alpha value is -5.87. The van der Waals surface area contributed by atoms with Gasteiger partial charge in [-0.15, -0.1) is 0 Å². The van der Waals surface area contributed by atoms with Crippen molar-refractivity contribution in [2.24, 2.45) is 27.9 Å². The molecule has 16 N–H and O–H groups in total. The molecule has 22 nitrogen and oxygen atoms in total. The predicted octanol–water partition coefficient (Wildman–Crippen LogP) is -2.91. The number of unbranched alkanes of at least 4 members (excludes halogenated alkanes) is 1. The van der Waals surface area contributed by atoms with Crippen molar-refractivity contribution in [2.45, 2.75) is 132 Å². The van der Waals surface area contributed by atoms with Crippen LogP contribution in [0.25, 0.3) is 0 Å². The van der Waals surface area contributed by atoms with E-state index < -0.39 is 103 Å². The van der Waals surface area contributed by atoms with Crippen LogP contribution in [-0.2, 0) is 44.8 Å². The molecule has 22 heteroatoms. The van der Waals surface area contributed by atoms with Crippen molar-refractivity contribution < 1.29 is 48.6 Å². The van der Waals surface area contributed by atoms with Gasteiger partial charge in [0.05, 0.1) is 25.7 Å². The molecular weight excluding hydrogens is 833 g/mol. The lowest BCUT2D eigenvalue weighted by Gasteiger charge is -2.35. The Kier molecular flexibility index (Phi) is 22.4. The van der Waals surface area contributed by atoms with E-state index in [2.05, 4.69) is 36.9 Å². The number of aliphatic imine (C=N–C) groups is 1. The van der Waals surface area contributed by atoms with Gasteiger partial charge in [0.25, 0.3) is 0 Å². The van der Waals surface area contributed by atoms with Gasteiger partial charge in [0.1, 0.15) is 29.7 Å². The second-order valence-corrected chi connectivity index (χ2v) is 16.3. The highest BCUT2D eigenvalue weighted by Crippen LogP contribution is 2.27. The van der Waals surface area contributed by atoms with Gasteiger partial charge in [-0.25, -0.2) is 4.79 Å². The molecular formula is C42H68N12O10. The van der Waals surface area contributed by atoms with Crippen LogP contribution in [0.15, 0.2) is 35.3 Å². The summed E-state index contributed by atoms with van der Waals surface area (Å²) >= 11 is 0. The molecule has 356 valence electrons. The number of likely N-dealkylation sites (tertiary alicyclic amines) is 1. The van der Waals surface area contributed by atoms with Crippen LogP contribution >= 0.6 is 0 Å². The second-order valence-electron chi connectivity index (χ2n) is 16.3. The first-order chi connectivity index (χ1) is 30.6. The third-order valence-electron chi connectivity index (χ3n) is 11.3. The molecule has 0 radical (unpaired) electrons. The van der Waals surface area contributed by atoms with E-state index in [9.17, 15) is 48.6 Å². The number of amides is 7. The minimum absolute atomic E-state index is 0.0167. The molecule has 64 heavy (non-hydrogen) atoms. The Morgan fingerprint density at radius 1 is 0.781 bits per heavy atom. The topological polar surface area (TPSA) is 369 Å². The molecule has 7 amide bonds. The van der Waals surface area contributed by atoms with Gasteiger partial charge in [-0.05, 0) is 63.5 Å². The fourth-order valence-electron chi connectivity index (χ4n) is 7.79. The Morgan fingerprint density at radius 3 is 2.09 bits per heavy atom. The van der Waals surface area contributed by atoms with Gasteiger partial charge in [-0.3, -0.25) is 38.6 Å². The van der Waals surface area contributed by atoms with Crippen molar-refractivity contribution in [1.82, 2.24) is 36.8 Å². The summed E-state index contributed by atoms with van der Waals surface area (Å²) in [6.07, 6.45) is 6.88. The van der Waals surface area contributed by atoms with Gasteiger partial charge in [0.2, 0.25) is 41.4 Å². The summed E-state index contributed by atoms with van der Waals surface area (Å²) < 4.78 is 0. The first-order valence-electron chi connectivity index (χ1n) is 22.1. The van der Waals surface area contributed by atoms with E-state index in [4.69, 9.17) is 22.9 Å². The molecule has 2 aliphatic rings. The summed E-state index contributed by atoms with van der Waals surface area (Å²) in [6, 6.07) is 2.97. The maximum absolute atomic E-state index is 13.9. The first kappa shape index (κ1) is 52.5. The largest absolute Gasteiger partial charge is 0.480 e. The summed E-state index contributed by atoms with van der Waals surface area (Å²) in [5.41, 5.74) is 21.6. The van der Waals surface area contributed by atoms with Crippen LogP contribution in [-0.4, -0.2) is 143 Å². The fourth-order valence-corrected chi connectivity index (χ4v) is 7.79. The number of hydrogen-bond acceptors (Lipinski definition) is 12. The maximum atomic E-state index is 13.9. The van der Waals surface area contributed by atoms with Crippen LogP contribution in [0, 0.1) is 0 Å². The zero-order chi connectivity index (χ0) is 47.1. The van der Waals surface area contributed by atoms with E-state index in [0.29, 0.717) is 57.1 Å². The normalized spacial score (nSPS) is 17.7. The minimum atomic E-state index is -1.48. The van der Waals surface area contributed by atoms with Crippen LogP contribution in [0.4, 0.5) is 0 Å². The number of aliphatic carboxylic acids is 1. The van der Waals surface area contributed by atoms with Crippen LogP contribution < -0.4 is 54.8 Å². The molecule has 1 aromatic rings. The molecule has 3 rings (SSSR count). The first-order valence-corrected chi connectivity index (χ1v) is 22.1. The molecule has 0 unspecified atom stereocenters. The molecule has 0 aromatic heterocycles. The van der Waals surface area contributed by atoms with E-state index in [-0.39, 0.29) is 51.2 Å². The molecule has 1 saturated carbocycles. The number of aliphatic hydroxyl groups is 1. The average molecular weight is 901 g/mol. The summed E-state index contributed by atoms with van der Waals surface area (Å²) in [6.45, 7) is -1.26. The summed E-state index contributed by atoms with van der Waals surface area (Å²) in [4.78, 5) is 111. The average Bonchev–Trinajstić information content (AvgIpc) is 3.76. The highest BCUT2D eigenvalue weighted by molar-refractivity contribution is 5.97. The number of carbonyl (C=O) groups excluding carboxylic acids is 7. The van der Waals surface area contributed by atoms with Gasteiger partial charge < -0.3 is 69.9 Å². The molecule has 5 atom stereocenters. The molecule has 0 spiro atoms. The number of aliphatic hydroxyl groups excluding tert-OH is 1. The molecule has 2 fully saturated rings. The fraction of sp³-hybridized carbons (Fsp3) is 0.643. The zero-order valence-corrected chi connectivity index (χ0v) is 36.5. The molecule has 1 aliphatic carbocycles. The van der Waals surface area contributed by atoms with Gasteiger partial charge >= 0.3 is 5.97 Å². The van der Waals surface area contributed by atoms with Crippen molar-refractivity contribution in [3.63, 3.8) is 0 Å². The number of nitrogens with one attached hydrogen (secondary N) is 6. The molecule has 1 aliphatic heterocycles. The van der Waals surface area contributed by atoms with E-state index in [0.717, 1.165) is 19.3 Å². The summed E-state index contributed by atoms with van der Waals surface area (Å²) in [7, 11) is 0. The molecule has 1 saturated heterocycles. The summed E-state index contributed by atoms with van der Waals surface area (Å²) in [5, 5.41) is 35.4. The van der Waals surface area contributed by atoms with E-state index in [1.54, 1.807) is 30.3 Å². The Balaban J connectivity index is 1.62. The van der Waals surface area contributed by atoms with Crippen molar-refractivity contribution in [2.75, 3.05) is 39.3 Å². The lowest BCUT2D eigenvalue weighted by Crippen LogP contribution is -2.62. The lowest BCUT2D eigenvalue weighted by atomic mass is 9.83. The highest BCUT2D eigenvalue weighted by atomic mass is 16.4. The maximum Gasteiger partial charge on any atom is 0.326 e.